The van der Waals surface area contributed by atoms with Crippen LogP contribution in [0, 0.1) is 5.92 Å². The van der Waals surface area contributed by atoms with Crippen LogP contribution in [0.2, 0.25) is 0 Å². The third-order valence-electron chi connectivity index (χ3n) is 4.27. The van der Waals surface area contributed by atoms with Gasteiger partial charge in [-0.1, -0.05) is 32.1 Å². The molecule has 1 fully saturated rings. The third-order valence-corrected chi connectivity index (χ3v) is 4.27. The van der Waals surface area contributed by atoms with E-state index in [4.69, 9.17) is 4.74 Å². The largest absolute Gasteiger partial charge is 0.393 e. The lowest BCUT2D eigenvalue weighted by Crippen LogP contribution is -2.24. The molecule has 0 heterocycles. The minimum atomic E-state index is -0.133. The van der Waals surface area contributed by atoms with Gasteiger partial charge in [0.25, 0.3) is 0 Å². The Bertz CT molecular complexity index is 195. The molecule has 0 bridgehead atoms. The molecule has 2 heteroatoms. The Labute approximate surface area is 107 Å². The van der Waals surface area contributed by atoms with Gasteiger partial charge in [-0.2, -0.15) is 0 Å². The SMILES string of the molecule is COC(C)(C)CCC(O)CCC1CCCCC1. The lowest BCUT2D eigenvalue weighted by Gasteiger charge is -2.25. The van der Waals surface area contributed by atoms with Gasteiger partial charge < -0.3 is 9.84 Å². The smallest absolute Gasteiger partial charge is 0.0623 e. The monoisotopic (exact) mass is 242 g/mol. The molecule has 1 saturated carbocycles. The minimum absolute atomic E-state index is 0.0914. The Morgan fingerprint density at radius 1 is 1.18 bits per heavy atom. The zero-order valence-corrected chi connectivity index (χ0v) is 11.9. The minimum Gasteiger partial charge on any atom is -0.393 e. The molecule has 0 aromatic heterocycles. The van der Waals surface area contributed by atoms with Crippen LogP contribution in [-0.4, -0.2) is 23.9 Å². The van der Waals surface area contributed by atoms with Crippen LogP contribution in [-0.2, 0) is 4.74 Å². The second kappa shape index (κ2) is 7.38. The summed E-state index contributed by atoms with van der Waals surface area (Å²) in [5, 5.41) is 9.98. The summed E-state index contributed by atoms with van der Waals surface area (Å²) in [5.74, 6) is 0.883. The molecule has 0 saturated heterocycles. The molecular weight excluding hydrogens is 212 g/mol. The fourth-order valence-electron chi connectivity index (χ4n) is 2.66. The van der Waals surface area contributed by atoms with E-state index in [-0.39, 0.29) is 11.7 Å². The van der Waals surface area contributed by atoms with Crippen LogP contribution < -0.4 is 0 Å². The van der Waals surface area contributed by atoms with Crippen LogP contribution in [0.3, 0.4) is 0 Å². The van der Waals surface area contributed by atoms with Crippen molar-refractivity contribution in [2.45, 2.75) is 83.3 Å². The molecule has 0 radical (unpaired) electrons. The van der Waals surface area contributed by atoms with Gasteiger partial charge in [-0.15, -0.1) is 0 Å². The fourth-order valence-corrected chi connectivity index (χ4v) is 2.66. The molecule has 1 aliphatic carbocycles. The normalized spacial score (nSPS) is 20.5. The van der Waals surface area contributed by atoms with Gasteiger partial charge >= 0.3 is 0 Å². The molecule has 0 spiro atoms. The van der Waals surface area contributed by atoms with Crippen molar-refractivity contribution >= 4 is 0 Å². The highest BCUT2D eigenvalue weighted by Crippen LogP contribution is 2.28. The van der Waals surface area contributed by atoms with Crippen LogP contribution in [0.1, 0.15) is 71.6 Å². The summed E-state index contributed by atoms with van der Waals surface area (Å²) in [6, 6.07) is 0. The molecule has 1 rings (SSSR count). The number of methoxy groups -OCH3 is 1. The number of aliphatic hydroxyl groups is 1. The van der Waals surface area contributed by atoms with E-state index in [1.165, 1.54) is 38.5 Å². The predicted molar refractivity (Wildman–Crippen MR) is 72.1 cm³/mol. The fraction of sp³-hybridized carbons (Fsp3) is 1.00. The Kier molecular flexibility index (Phi) is 6.50. The highest BCUT2D eigenvalue weighted by atomic mass is 16.5. The van der Waals surface area contributed by atoms with Gasteiger partial charge in [0.05, 0.1) is 11.7 Å². The van der Waals surface area contributed by atoms with E-state index in [9.17, 15) is 5.11 Å². The van der Waals surface area contributed by atoms with Gasteiger partial charge in [0.1, 0.15) is 0 Å². The summed E-state index contributed by atoms with van der Waals surface area (Å²) in [6.07, 6.45) is 10.9. The highest BCUT2D eigenvalue weighted by molar-refractivity contribution is 4.72. The number of ether oxygens (including phenoxy) is 1. The molecule has 0 aromatic carbocycles. The summed E-state index contributed by atoms with van der Waals surface area (Å²) >= 11 is 0. The van der Waals surface area contributed by atoms with Gasteiger partial charge in [-0.25, -0.2) is 0 Å². The summed E-state index contributed by atoms with van der Waals surface area (Å²) < 4.78 is 5.37. The standard InChI is InChI=1S/C15H30O2/c1-15(2,17-3)12-11-14(16)10-9-13-7-5-4-6-8-13/h13-14,16H,4-12H2,1-3H3. The summed E-state index contributed by atoms with van der Waals surface area (Å²) in [5.41, 5.74) is -0.0914. The first kappa shape index (κ1) is 15.0. The number of hydrogen-bond acceptors (Lipinski definition) is 2. The summed E-state index contributed by atoms with van der Waals surface area (Å²) in [7, 11) is 1.74. The van der Waals surface area contributed by atoms with E-state index >= 15 is 0 Å². The Morgan fingerprint density at radius 2 is 1.82 bits per heavy atom. The maximum atomic E-state index is 9.98. The van der Waals surface area contributed by atoms with Crippen molar-refractivity contribution in [3.63, 3.8) is 0 Å². The first-order valence-electron chi connectivity index (χ1n) is 7.27. The Balaban J connectivity index is 2.10. The lowest BCUT2D eigenvalue weighted by atomic mass is 9.85. The van der Waals surface area contributed by atoms with E-state index in [0.29, 0.717) is 0 Å². The van der Waals surface area contributed by atoms with Gasteiger partial charge in [0.2, 0.25) is 0 Å². The van der Waals surface area contributed by atoms with Gasteiger partial charge in [-0.05, 0) is 45.4 Å². The predicted octanol–water partition coefficient (Wildman–Crippen LogP) is 3.91. The highest BCUT2D eigenvalue weighted by Gasteiger charge is 2.19. The lowest BCUT2D eigenvalue weighted by molar-refractivity contribution is 0.00157. The molecular formula is C15H30O2. The third kappa shape index (κ3) is 6.42. The Morgan fingerprint density at radius 3 is 2.41 bits per heavy atom. The van der Waals surface area contributed by atoms with Gasteiger partial charge in [0.15, 0.2) is 0 Å². The topological polar surface area (TPSA) is 29.5 Å². The number of hydrogen-bond donors (Lipinski definition) is 1. The summed E-state index contributed by atoms with van der Waals surface area (Å²) in [6.45, 7) is 4.17. The quantitative estimate of drug-likeness (QED) is 0.733. The average Bonchev–Trinajstić information content (AvgIpc) is 2.35. The first-order chi connectivity index (χ1) is 8.03. The van der Waals surface area contributed by atoms with Gasteiger partial charge in [0, 0.05) is 7.11 Å². The van der Waals surface area contributed by atoms with E-state index in [1.807, 2.05) is 0 Å². The number of rotatable bonds is 7. The zero-order valence-electron chi connectivity index (χ0n) is 11.9. The second-order valence-corrected chi connectivity index (χ2v) is 6.24. The van der Waals surface area contributed by atoms with Crippen LogP contribution in [0.4, 0.5) is 0 Å². The van der Waals surface area contributed by atoms with E-state index in [0.717, 1.165) is 25.2 Å². The maximum absolute atomic E-state index is 9.98. The van der Waals surface area contributed by atoms with Crippen LogP contribution >= 0.6 is 0 Å². The Hall–Kier alpha value is -0.0800. The van der Waals surface area contributed by atoms with Crippen LogP contribution in [0.5, 0.6) is 0 Å². The van der Waals surface area contributed by atoms with E-state index in [1.54, 1.807) is 7.11 Å². The molecule has 17 heavy (non-hydrogen) atoms. The average molecular weight is 242 g/mol. The van der Waals surface area contributed by atoms with Crippen LogP contribution in [0.15, 0.2) is 0 Å². The van der Waals surface area contributed by atoms with Crippen molar-refractivity contribution in [2.24, 2.45) is 5.92 Å². The molecule has 2 nitrogen and oxygen atoms in total. The van der Waals surface area contributed by atoms with Crippen molar-refractivity contribution in [3.8, 4) is 0 Å². The molecule has 102 valence electrons. The number of aliphatic hydroxyl groups excluding tert-OH is 1. The van der Waals surface area contributed by atoms with E-state index < -0.39 is 0 Å². The zero-order chi connectivity index (χ0) is 12.7. The molecule has 0 aromatic rings. The molecule has 1 unspecified atom stereocenters. The molecule has 1 N–H and O–H groups in total. The van der Waals surface area contributed by atoms with Crippen molar-refractivity contribution in [1.29, 1.82) is 0 Å². The van der Waals surface area contributed by atoms with Crippen LogP contribution in [0.25, 0.3) is 0 Å². The molecule has 1 atom stereocenters. The van der Waals surface area contributed by atoms with Crippen molar-refractivity contribution < 1.29 is 9.84 Å². The van der Waals surface area contributed by atoms with Crippen molar-refractivity contribution in [2.75, 3.05) is 7.11 Å². The molecule has 0 aliphatic heterocycles. The first-order valence-corrected chi connectivity index (χ1v) is 7.27. The van der Waals surface area contributed by atoms with Crippen molar-refractivity contribution in [3.05, 3.63) is 0 Å². The maximum Gasteiger partial charge on any atom is 0.0623 e. The van der Waals surface area contributed by atoms with E-state index in [2.05, 4.69) is 13.8 Å². The molecule has 0 amide bonds. The van der Waals surface area contributed by atoms with Crippen molar-refractivity contribution in [1.82, 2.24) is 0 Å². The molecule has 1 aliphatic rings. The van der Waals surface area contributed by atoms with Gasteiger partial charge in [-0.3, -0.25) is 0 Å². The summed E-state index contributed by atoms with van der Waals surface area (Å²) in [4.78, 5) is 0. The second-order valence-electron chi connectivity index (χ2n) is 6.24.